The molecule has 1 aromatic heterocycles. The monoisotopic (exact) mass is 492 g/mol. The lowest BCUT2D eigenvalue weighted by molar-refractivity contribution is 0.262. The number of amides is 2. The molecule has 0 unspecified atom stereocenters. The molecule has 3 aromatic rings. The normalized spacial score (nSPS) is 10.7. The standard InChI is InChI=1S/C17H12Cl4N4OS2/c18-10-2-1-9(13(20)5-10)7-27-8-15-24-25-17(28-15)23-16(26)22-11-3-4-12(19)14(21)6-11/h1-6H,7-8H2,(H2,22,23,25,26). The molecule has 2 amide bonds. The summed E-state index contributed by atoms with van der Waals surface area (Å²) in [4.78, 5) is 12.1. The van der Waals surface area contributed by atoms with E-state index in [9.17, 15) is 4.79 Å². The van der Waals surface area contributed by atoms with Crippen LogP contribution >= 0.6 is 69.5 Å². The van der Waals surface area contributed by atoms with Gasteiger partial charge in [0.2, 0.25) is 5.13 Å². The Morgan fingerprint density at radius 3 is 2.50 bits per heavy atom. The highest BCUT2D eigenvalue weighted by molar-refractivity contribution is 7.97. The van der Waals surface area contributed by atoms with E-state index in [2.05, 4.69) is 20.8 Å². The molecule has 28 heavy (non-hydrogen) atoms. The van der Waals surface area contributed by atoms with E-state index in [-0.39, 0.29) is 0 Å². The molecular formula is C17H12Cl4N4OS2. The number of nitrogens with zero attached hydrogens (tertiary/aromatic N) is 2. The summed E-state index contributed by atoms with van der Waals surface area (Å²) in [6.45, 7) is 0. The second kappa shape index (κ2) is 10.0. The van der Waals surface area contributed by atoms with Gasteiger partial charge in [0.25, 0.3) is 0 Å². The van der Waals surface area contributed by atoms with Gasteiger partial charge in [-0.3, -0.25) is 5.32 Å². The van der Waals surface area contributed by atoms with Crippen molar-refractivity contribution in [2.45, 2.75) is 11.5 Å². The quantitative estimate of drug-likeness (QED) is 0.380. The van der Waals surface area contributed by atoms with Crippen molar-refractivity contribution in [3.63, 3.8) is 0 Å². The van der Waals surface area contributed by atoms with Gasteiger partial charge in [-0.15, -0.1) is 22.0 Å². The number of nitrogens with one attached hydrogen (secondary N) is 2. The third-order valence-electron chi connectivity index (χ3n) is 3.36. The number of benzene rings is 2. The van der Waals surface area contributed by atoms with Gasteiger partial charge in [0.15, 0.2) is 0 Å². The molecule has 11 heteroatoms. The molecule has 0 bridgehead atoms. The largest absolute Gasteiger partial charge is 0.325 e. The summed E-state index contributed by atoms with van der Waals surface area (Å²) < 4.78 is 0. The maximum Gasteiger partial charge on any atom is 0.325 e. The van der Waals surface area contributed by atoms with Crippen LogP contribution in [0.5, 0.6) is 0 Å². The Kier molecular flexibility index (Phi) is 7.68. The molecule has 0 fully saturated rings. The lowest BCUT2D eigenvalue weighted by Crippen LogP contribution is -2.19. The molecule has 0 saturated carbocycles. The first-order chi connectivity index (χ1) is 13.4. The molecule has 0 radical (unpaired) electrons. The summed E-state index contributed by atoms with van der Waals surface area (Å²) in [5, 5.41) is 16.6. The molecule has 3 rings (SSSR count). The van der Waals surface area contributed by atoms with E-state index in [1.807, 2.05) is 12.1 Å². The van der Waals surface area contributed by atoms with Crippen molar-refractivity contribution in [3.05, 3.63) is 67.1 Å². The van der Waals surface area contributed by atoms with Crippen LogP contribution in [0.25, 0.3) is 0 Å². The summed E-state index contributed by atoms with van der Waals surface area (Å²) in [7, 11) is 0. The van der Waals surface area contributed by atoms with Gasteiger partial charge in [0.1, 0.15) is 5.01 Å². The summed E-state index contributed by atoms with van der Waals surface area (Å²) in [5.41, 5.74) is 1.52. The first kappa shape index (κ1) is 21.5. The average Bonchev–Trinajstić information content (AvgIpc) is 3.07. The lowest BCUT2D eigenvalue weighted by Gasteiger charge is -2.06. The summed E-state index contributed by atoms with van der Waals surface area (Å²) >= 11 is 26.8. The Morgan fingerprint density at radius 1 is 0.929 bits per heavy atom. The third-order valence-corrected chi connectivity index (χ3v) is 6.70. The maximum absolute atomic E-state index is 12.1. The topological polar surface area (TPSA) is 66.9 Å². The molecule has 146 valence electrons. The van der Waals surface area contributed by atoms with Gasteiger partial charge >= 0.3 is 6.03 Å². The van der Waals surface area contributed by atoms with E-state index in [1.54, 1.807) is 36.0 Å². The Hall–Kier alpha value is -1.22. The van der Waals surface area contributed by atoms with Crippen LogP contribution in [-0.4, -0.2) is 16.2 Å². The van der Waals surface area contributed by atoms with E-state index < -0.39 is 6.03 Å². The van der Waals surface area contributed by atoms with E-state index in [4.69, 9.17) is 46.4 Å². The van der Waals surface area contributed by atoms with Gasteiger partial charge < -0.3 is 5.32 Å². The van der Waals surface area contributed by atoms with E-state index >= 15 is 0 Å². The molecule has 5 nitrogen and oxygen atoms in total. The number of aromatic nitrogens is 2. The van der Waals surface area contributed by atoms with E-state index in [0.29, 0.717) is 36.7 Å². The van der Waals surface area contributed by atoms with Crippen LogP contribution in [0.15, 0.2) is 36.4 Å². The molecule has 0 saturated heterocycles. The minimum absolute atomic E-state index is 0.357. The Morgan fingerprint density at radius 2 is 1.75 bits per heavy atom. The van der Waals surface area contributed by atoms with Crippen LogP contribution in [-0.2, 0) is 11.5 Å². The fourth-order valence-electron chi connectivity index (χ4n) is 2.08. The van der Waals surface area contributed by atoms with Gasteiger partial charge in [-0.25, -0.2) is 4.79 Å². The lowest BCUT2D eigenvalue weighted by atomic mass is 10.2. The van der Waals surface area contributed by atoms with Crippen LogP contribution < -0.4 is 10.6 Å². The zero-order chi connectivity index (χ0) is 20.1. The molecular weight excluding hydrogens is 482 g/mol. The highest BCUT2D eigenvalue weighted by Gasteiger charge is 2.10. The number of urea groups is 1. The molecule has 2 aromatic carbocycles. The van der Waals surface area contributed by atoms with Crippen LogP contribution in [0.2, 0.25) is 20.1 Å². The third kappa shape index (κ3) is 6.14. The van der Waals surface area contributed by atoms with Crippen LogP contribution in [0.4, 0.5) is 15.6 Å². The van der Waals surface area contributed by atoms with Crippen LogP contribution in [0, 0.1) is 0 Å². The highest BCUT2D eigenvalue weighted by atomic mass is 35.5. The SMILES string of the molecule is O=C(Nc1ccc(Cl)c(Cl)c1)Nc1nnc(CSCc2ccc(Cl)cc2Cl)s1. The predicted octanol–water partition coefficient (Wildman–Crippen LogP) is 7.23. The van der Waals surface area contributed by atoms with Crippen molar-refractivity contribution in [1.82, 2.24) is 10.2 Å². The van der Waals surface area contributed by atoms with Gasteiger partial charge in [0, 0.05) is 27.2 Å². The van der Waals surface area contributed by atoms with Crippen molar-refractivity contribution in [2.24, 2.45) is 0 Å². The summed E-state index contributed by atoms with van der Waals surface area (Å²) in [6, 6.07) is 9.80. The molecule has 0 aliphatic rings. The first-order valence-corrected chi connectivity index (χ1v) is 11.3. The molecule has 0 atom stereocenters. The molecule has 1 heterocycles. The van der Waals surface area contributed by atoms with Gasteiger partial charge in [0.05, 0.1) is 10.0 Å². The first-order valence-electron chi connectivity index (χ1n) is 7.78. The summed E-state index contributed by atoms with van der Waals surface area (Å²) in [6.07, 6.45) is 0. The van der Waals surface area contributed by atoms with Crippen molar-refractivity contribution < 1.29 is 4.79 Å². The fourth-order valence-corrected chi connectivity index (χ4v) is 4.76. The number of carbonyl (C=O) groups is 1. The van der Waals surface area contributed by atoms with Crippen molar-refractivity contribution in [2.75, 3.05) is 10.6 Å². The number of thioether (sulfide) groups is 1. The van der Waals surface area contributed by atoms with Crippen LogP contribution in [0.1, 0.15) is 10.6 Å². The highest BCUT2D eigenvalue weighted by Crippen LogP contribution is 2.28. The number of hydrogen-bond donors (Lipinski definition) is 2. The number of carbonyl (C=O) groups excluding carboxylic acids is 1. The van der Waals surface area contributed by atoms with E-state index in [0.717, 1.165) is 16.3 Å². The molecule has 0 aliphatic carbocycles. The molecule has 2 N–H and O–H groups in total. The molecule has 0 aliphatic heterocycles. The minimum atomic E-state index is -0.443. The number of rotatable bonds is 6. The fraction of sp³-hybridized carbons (Fsp3) is 0.118. The smallest absolute Gasteiger partial charge is 0.308 e. The second-order valence-corrected chi connectivity index (χ2v) is 9.14. The van der Waals surface area contributed by atoms with Crippen molar-refractivity contribution in [1.29, 1.82) is 0 Å². The summed E-state index contributed by atoms with van der Waals surface area (Å²) in [5.74, 6) is 1.36. The predicted molar refractivity (Wildman–Crippen MR) is 120 cm³/mol. The second-order valence-electron chi connectivity index (χ2n) is 5.44. The van der Waals surface area contributed by atoms with E-state index in [1.165, 1.54) is 11.3 Å². The number of anilines is 2. The molecule has 0 spiro atoms. The Balaban J connectivity index is 1.49. The van der Waals surface area contributed by atoms with Gasteiger partial charge in [-0.2, -0.15) is 0 Å². The Labute approximate surface area is 189 Å². The Bertz CT molecular complexity index is 999. The van der Waals surface area contributed by atoms with Gasteiger partial charge in [-0.05, 0) is 35.9 Å². The van der Waals surface area contributed by atoms with Gasteiger partial charge in [-0.1, -0.05) is 63.8 Å². The zero-order valence-corrected chi connectivity index (χ0v) is 18.7. The average molecular weight is 494 g/mol. The van der Waals surface area contributed by atoms with Crippen molar-refractivity contribution in [3.8, 4) is 0 Å². The number of halogens is 4. The van der Waals surface area contributed by atoms with Crippen LogP contribution in [0.3, 0.4) is 0 Å². The zero-order valence-electron chi connectivity index (χ0n) is 14.0. The van der Waals surface area contributed by atoms with Crippen molar-refractivity contribution >= 4 is 86.4 Å². The number of hydrogen-bond acceptors (Lipinski definition) is 5. The minimum Gasteiger partial charge on any atom is -0.308 e. The maximum atomic E-state index is 12.1.